The maximum absolute atomic E-state index is 10.0. The fourth-order valence-electron chi connectivity index (χ4n) is 21.5. The van der Waals surface area contributed by atoms with Gasteiger partial charge in [0.15, 0.2) is 0 Å². The Bertz CT molecular complexity index is 9020. The fourth-order valence-corrected chi connectivity index (χ4v) is 21.5. The van der Waals surface area contributed by atoms with Gasteiger partial charge >= 0.3 is 0 Å². The highest BCUT2D eigenvalue weighted by Crippen LogP contribution is 2.47. The maximum Gasteiger partial charge on any atom is 0.0998 e. The number of aromatic nitrogens is 6. The molecule has 0 N–H and O–H groups in total. The number of fused-ring (bicyclic) bond motifs is 18. The summed E-state index contributed by atoms with van der Waals surface area (Å²) in [5, 5.41) is 43.9. The Balaban J connectivity index is 0.000000110. The predicted molar refractivity (Wildman–Crippen MR) is 572 cm³/mol. The van der Waals surface area contributed by atoms with Crippen molar-refractivity contribution in [1.82, 2.24) is 27.4 Å². The SMILES string of the molecule is N#Cc1ccc(-c2ccccc2-c2cc(-n3c4ccccc4c4ccccc43)cc(-n3c4ccccc4c4ccccc43)c2)cc1.N#Cc1cccc(-c2ccccc2-c2cc(-n3c4ccccc4c4ccccc43)cc(-n3c4ccccc4c4ccccc43)c2)c1.N#Cc1ccccc1-c1ccccc1-c1cc(-n2c3ccccc3c3ccccc32)cc(-n2c3ccccc3c3ccccc32)c1. The molecule has 0 fully saturated rings. The molecule has 27 rings (SSSR count). The summed E-state index contributed by atoms with van der Waals surface area (Å²) >= 11 is 0. The van der Waals surface area contributed by atoms with Crippen molar-refractivity contribution in [1.29, 1.82) is 15.8 Å². The van der Waals surface area contributed by atoms with Gasteiger partial charge in [-0.15, -0.1) is 0 Å². The smallest absolute Gasteiger partial charge is 0.0998 e. The molecular formula is C129H81N9. The normalized spacial score (nSPS) is 11.5. The van der Waals surface area contributed by atoms with Gasteiger partial charge in [0, 0.05) is 104 Å². The van der Waals surface area contributed by atoms with Crippen LogP contribution in [0, 0.1) is 34.0 Å². The molecule has 138 heavy (non-hydrogen) atoms. The number of hydrogen-bond acceptors (Lipinski definition) is 3. The van der Waals surface area contributed by atoms with Gasteiger partial charge in [0.25, 0.3) is 0 Å². The third-order valence-electron chi connectivity index (χ3n) is 27.4. The Labute approximate surface area is 795 Å². The van der Waals surface area contributed by atoms with E-state index in [2.05, 4.69) is 470 Å². The zero-order chi connectivity index (χ0) is 91.8. The summed E-state index contributed by atoms with van der Waals surface area (Å²) < 4.78 is 14.4. The van der Waals surface area contributed by atoms with E-state index in [0.717, 1.165) is 123 Å². The highest BCUT2D eigenvalue weighted by molar-refractivity contribution is 6.15. The molecule has 0 unspecified atom stereocenters. The summed E-state index contributed by atoms with van der Waals surface area (Å²) in [7, 11) is 0. The Hall–Kier alpha value is -19.1. The molecule has 0 spiro atoms. The molecule has 0 aliphatic heterocycles. The molecular weight excluding hydrogens is 1680 g/mol. The summed E-state index contributed by atoms with van der Waals surface area (Å²) in [4.78, 5) is 0. The lowest BCUT2D eigenvalue weighted by Gasteiger charge is -2.18. The zero-order valence-corrected chi connectivity index (χ0v) is 74.8. The van der Waals surface area contributed by atoms with Crippen LogP contribution in [-0.2, 0) is 0 Å². The molecule has 6 heterocycles. The molecule has 0 saturated carbocycles. The molecule has 0 aliphatic rings. The van der Waals surface area contributed by atoms with E-state index in [4.69, 9.17) is 0 Å². The van der Waals surface area contributed by atoms with E-state index in [1.54, 1.807) is 0 Å². The van der Waals surface area contributed by atoms with Crippen LogP contribution in [-0.4, -0.2) is 27.4 Å². The van der Waals surface area contributed by atoms with Crippen LogP contribution >= 0.6 is 0 Å². The number of nitriles is 3. The number of rotatable bonds is 12. The Morgan fingerprint density at radius 3 is 0.580 bits per heavy atom. The van der Waals surface area contributed by atoms with E-state index in [1.807, 2.05) is 66.7 Å². The van der Waals surface area contributed by atoms with Crippen molar-refractivity contribution in [3.8, 4) is 119 Å². The summed E-state index contributed by atoms with van der Waals surface area (Å²) in [5.74, 6) is 0. The Morgan fingerprint density at radius 2 is 0.333 bits per heavy atom. The quantitative estimate of drug-likeness (QED) is 0.122. The van der Waals surface area contributed by atoms with Gasteiger partial charge < -0.3 is 27.4 Å². The van der Waals surface area contributed by atoms with Gasteiger partial charge in [-0.25, -0.2) is 0 Å². The van der Waals surface area contributed by atoms with Crippen LogP contribution in [0.25, 0.3) is 232 Å². The fraction of sp³-hybridized carbons (Fsp3) is 0. The van der Waals surface area contributed by atoms with E-state index >= 15 is 0 Å². The molecule has 0 amide bonds. The van der Waals surface area contributed by atoms with Gasteiger partial charge in [-0.2, -0.15) is 15.8 Å². The molecule has 0 atom stereocenters. The topological polar surface area (TPSA) is 101 Å². The predicted octanol–water partition coefficient (Wildman–Crippen LogP) is 33.3. The number of nitrogens with zero attached hydrogens (tertiary/aromatic N) is 9. The van der Waals surface area contributed by atoms with Crippen LogP contribution in [0.15, 0.2) is 491 Å². The first-order valence-electron chi connectivity index (χ1n) is 46.5. The molecule has 27 aromatic rings. The van der Waals surface area contributed by atoms with Crippen molar-refractivity contribution in [2.45, 2.75) is 0 Å². The van der Waals surface area contributed by atoms with Crippen molar-refractivity contribution in [3.63, 3.8) is 0 Å². The van der Waals surface area contributed by atoms with Gasteiger partial charge in [-0.1, -0.05) is 334 Å². The van der Waals surface area contributed by atoms with Crippen LogP contribution in [0.1, 0.15) is 16.7 Å². The minimum absolute atomic E-state index is 0.650. The van der Waals surface area contributed by atoms with Crippen LogP contribution in [0.3, 0.4) is 0 Å². The largest absolute Gasteiger partial charge is 0.309 e. The van der Waals surface area contributed by atoms with Crippen LogP contribution < -0.4 is 0 Å². The summed E-state index contributed by atoms with van der Waals surface area (Å²) in [5.41, 5.74) is 35.5. The maximum atomic E-state index is 10.0. The zero-order valence-electron chi connectivity index (χ0n) is 74.8. The minimum atomic E-state index is 0.650. The molecule has 9 nitrogen and oxygen atoms in total. The molecule has 0 saturated heterocycles. The monoisotopic (exact) mass is 1760 g/mol. The molecule has 21 aromatic carbocycles. The van der Waals surface area contributed by atoms with Gasteiger partial charge in [-0.3, -0.25) is 0 Å². The van der Waals surface area contributed by atoms with E-state index < -0.39 is 0 Å². The van der Waals surface area contributed by atoms with E-state index in [-0.39, 0.29) is 0 Å². The minimum Gasteiger partial charge on any atom is -0.309 e. The van der Waals surface area contributed by atoms with Crippen molar-refractivity contribution in [3.05, 3.63) is 508 Å². The summed E-state index contributed by atoms with van der Waals surface area (Å²) in [6.45, 7) is 0. The average Bonchev–Trinajstić information content (AvgIpc) is 1.58. The first-order valence-corrected chi connectivity index (χ1v) is 46.5. The second-order valence-electron chi connectivity index (χ2n) is 35.1. The van der Waals surface area contributed by atoms with Crippen molar-refractivity contribution < 1.29 is 0 Å². The van der Waals surface area contributed by atoms with Gasteiger partial charge in [-0.05, 0) is 219 Å². The van der Waals surface area contributed by atoms with E-state index in [1.165, 1.54) is 109 Å². The van der Waals surface area contributed by atoms with E-state index in [0.29, 0.717) is 16.7 Å². The van der Waals surface area contributed by atoms with Gasteiger partial charge in [0.05, 0.1) is 101 Å². The Kier molecular flexibility index (Phi) is 19.9. The lowest BCUT2D eigenvalue weighted by atomic mass is 9.91. The third-order valence-corrected chi connectivity index (χ3v) is 27.4. The molecule has 6 aromatic heterocycles. The molecule has 0 aliphatic carbocycles. The highest BCUT2D eigenvalue weighted by atomic mass is 15.0. The lowest BCUT2D eigenvalue weighted by Crippen LogP contribution is -2.00. The number of para-hydroxylation sites is 12. The molecule has 0 bridgehead atoms. The van der Waals surface area contributed by atoms with Crippen molar-refractivity contribution in [2.75, 3.05) is 0 Å². The van der Waals surface area contributed by atoms with Crippen molar-refractivity contribution in [2.24, 2.45) is 0 Å². The van der Waals surface area contributed by atoms with Gasteiger partial charge in [0.2, 0.25) is 0 Å². The Morgan fingerprint density at radius 1 is 0.130 bits per heavy atom. The number of hydrogen-bond donors (Lipinski definition) is 0. The van der Waals surface area contributed by atoms with Crippen LogP contribution in [0.4, 0.5) is 0 Å². The summed E-state index contributed by atoms with van der Waals surface area (Å²) in [6, 6.07) is 181. The van der Waals surface area contributed by atoms with Crippen LogP contribution in [0.2, 0.25) is 0 Å². The lowest BCUT2D eigenvalue weighted by molar-refractivity contribution is 1.13. The van der Waals surface area contributed by atoms with Crippen molar-refractivity contribution >= 4 is 131 Å². The second-order valence-corrected chi connectivity index (χ2v) is 35.1. The highest BCUT2D eigenvalue weighted by Gasteiger charge is 2.25. The standard InChI is InChI=1S/3C43H27N3/c44-28-29-12-11-13-30(24-29)34-14-1-2-15-35(34)31-25-32(45-40-20-7-3-16-36(40)37-17-4-8-21-41(37)45)27-33(26-31)46-42-22-9-5-18-38(42)39-19-6-10-23-43(39)46;44-28-29-21-23-30(24-22-29)34-11-1-2-12-35(34)31-25-32(45-40-17-7-3-13-36(40)37-14-4-8-18-41(37)45)27-33(26-31)46-42-19-9-5-15-38(42)39-16-6-10-20-43(39)46;44-28-29-13-1-2-14-33(29)35-16-4-3-15-34(35)30-25-31(45-40-21-9-5-17-36(40)37-18-6-10-22-41(37)45)27-32(26-30)46-42-23-11-7-19-38(42)39-20-8-12-24-43(39)46/h3*1-27H. The van der Waals surface area contributed by atoms with Crippen LogP contribution in [0.5, 0.6) is 0 Å². The molecule has 0 radical (unpaired) electrons. The summed E-state index contributed by atoms with van der Waals surface area (Å²) in [6.07, 6.45) is 0. The van der Waals surface area contributed by atoms with E-state index in [9.17, 15) is 15.8 Å². The number of benzene rings is 21. The first kappa shape index (κ1) is 80.9. The van der Waals surface area contributed by atoms with Gasteiger partial charge in [0.1, 0.15) is 0 Å². The second kappa shape index (κ2) is 33.9. The molecule has 9 heteroatoms. The third kappa shape index (κ3) is 13.7. The first-order chi connectivity index (χ1) is 68.4. The molecule has 642 valence electrons. The average molecular weight is 1760 g/mol.